The highest BCUT2D eigenvalue weighted by atomic mass is 16.4. The van der Waals surface area contributed by atoms with Crippen LogP contribution in [0.3, 0.4) is 0 Å². The molecule has 2 atom stereocenters. The molecular weight excluding hydrogens is 194 g/mol. The first-order valence-electron chi connectivity index (χ1n) is 4.81. The van der Waals surface area contributed by atoms with Crippen LogP contribution < -0.4 is 5.73 Å². The fourth-order valence-electron chi connectivity index (χ4n) is 1.34. The standard InChI is InChI=1S/C11H15NO3/c1-2-7-4-3-5-8(6-7)10(13)9(12)11(14)15/h3-6,9-10,13H,2,12H2,1H3,(H,14,15). The first-order chi connectivity index (χ1) is 7.06. The van der Waals surface area contributed by atoms with Gasteiger partial charge in [0.05, 0.1) is 0 Å². The minimum atomic E-state index is -1.28. The summed E-state index contributed by atoms with van der Waals surface area (Å²) in [7, 11) is 0. The van der Waals surface area contributed by atoms with Crippen molar-refractivity contribution < 1.29 is 15.0 Å². The highest BCUT2D eigenvalue weighted by Crippen LogP contribution is 2.17. The van der Waals surface area contributed by atoms with Gasteiger partial charge >= 0.3 is 5.97 Å². The van der Waals surface area contributed by atoms with Gasteiger partial charge in [0, 0.05) is 0 Å². The molecule has 2 unspecified atom stereocenters. The van der Waals surface area contributed by atoms with Gasteiger partial charge in [-0.25, -0.2) is 0 Å². The van der Waals surface area contributed by atoms with Gasteiger partial charge in [0.2, 0.25) is 0 Å². The molecule has 4 heteroatoms. The Morgan fingerprint density at radius 3 is 2.73 bits per heavy atom. The summed E-state index contributed by atoms with van der Waals surface area (Å²) in [6, 6.07) is 5.87. The number of carboxylic acid groups (broad SMARTS) is 1. The maximum atomic E-state index is 10.6. The molecule has 0 aliphatic carbocycles. The number of hydrogen-bond donors (Lipinski definition) is 3. The maximum Gasteiger partial charge on any atom is 0.323 e. The van der Waals surface area contributed by atoms with Gasteiger partial charge in [-0.1, -0.05) is 31.2 Å². The van der Waals surface area contributed by atoms with E-state index in [1.54, 1.807) is 18.2 Å². The van der Waals surface area contributed by atoms with E-state index in [0.717, 1.165) is 12.0 Å². The Kier molecular flexibility index (Phi) is 3.82. The van der Waals surface area contributed by atoms with Crippen LogP contribution in [0.5, 0.6) is 0 Å². The Morgan fingerprint density at radius 1 is 1.53 bits per heavy atom. The van der Waals surface area contributed by atoms with Crippen molar-refractivity contribution in [1.29, 1.82) is 0 Å². The van der Waals surface area contributed by atoms with Crippen molar-refractivity contribution in [3.8, 4) is 0 Å². The number of hydrogen-bond acceptors (Lipinski definition) is 3. The van der Waals surface area contributed by atoms with Crippen LogP contribution in [0, 0.1) is 0 Å². The number of aliphatic carboxylic acids is 1. The largest absolute Gasteiger partial charge is 0.480 e. The van der Waals surface area contributed by atoms with E-state index in [0.29, 0.717) is 5.56 Å². The van der Waals surface area contributed by atoms with E-state index in [1.165, 1.54) is 0 Å². The molecule has 4 N–H and O–H groups in total. The molecular formula is C11H15NO3. The average Bonchev–Trinajstić information content (AvgIpc) is 2.27. The molecule has 0 fully saturated rings. The quantitative estimate of drug-likeness (QED) is 0.681. The Bertz CT molecular complexity index is 351. The van der Waals surface area contributed by atoms with Crippen molar-refractivity contribution in [3.05, 3.63) is 35.4 Å². The zero-order chi connectivity index (χ0) is 11.4. The first-order valence-corrected chi connectivity index (χ1v) is 4.81. The summed E-state index contributed by atoms with van der Waals surface area (Å²) >= 11 is 0. The smallest absolute Gasteiger partial charge is 0.323 e. The Labute approximate surface area is 88.3 Å². The number of carboxylic acids is 1. The molecule has 0 bridgehead atoms. The minimum absolute atomic E-state index is 0.546. The van der Waals surface area contributed by atoms with Gasteiger partial charge in [-0.3, -0.25) is 4.79 Å². The third-order valence-electron chi connectivity index (χ3n) is 2.33. The van der Waals surface area contributed by atoms with Crippen molar-refractivity contribution in [2.75, 3.05) is 0 Å². The van der Waals surface area contributed by atoms with Gasteiger partial charge in [-0.05, 0) is 17.5 Å². The van der Waals surface area contributed by atoms with Gasteiger partial charge in [-0.15, -0.1) is 0 Å². The van der Waals surface area contributed by atoms with E-state index in [2.05, 4.69) is 0 Å². The van der Waals surface area contributed by atoms with Crippen LogP contribution >= 0.6 is 0 Å². The zero-order valence-electron chi connectivity index (χ0n) is 8.55. The van der Waals surface area contributed by atoms with E-state index < -0.39 is 18.1 Å². The van der Waals surface area contributed by atoms with Crippen LogP contribution in [-0.4, -0.2) is 22.2 Å². The van der Waals surface area contributed by atoms with Crippen LogP contribution in [-0.2, 0) is 11.2 Å². The van der Waals surface area contributed by atoms with Gasteiger partial charge in [0.25, 0.3) is 0 Å². The Morgan fingerprint density at radius 2 is 2.20 bits per heavy atom. The summed E-state index contributed by atoms with van der Waals surface area (Å²) in [5.41, 5.74) is 6.93. The maximum absolute atomic E-state index is 10.6. The fraction of sp³-hybridized carbons (Fsp3) is 0.364. The molecule has 0 saturated carbocycles. The summed E-state index contributed by atoms with van der Waals surface area (Å²) < 4.78 is 0. The number of rotatable bonds is 4. The van der Waals surface area contributed by atoms with E-state index in [1.807, 2.05) is 13.0 Å². The molecule has 4 nitrogen and oxygen atoms in total. The summed E-state index contributed by atoms with van der Waals surface area (Å²) in [6.45, 7) is 1.99. The fourth-order valence-corrected chi connectivity index (χ4v) is 1.34. The predicted octanol–water partition coefficient (Wildman–Crippen LogP) is 0.694. The van der Waals surface area contributed by atoms with E-state index in [-0.39, 0.29) is 0 Å². The third kappa shape index (κ3) is 2.78. The minimum Gasteiger partial charge on any atom is -0.480 e. The molecule has 0 saturated heterocycles. The van der Waals surface area contributed by atoms with E-state index in [9.17, 15) is 9.90 Å². The molecule has 0 aliphatic rings. The second kappa shape index (κ2) is 4.91. The molecule has 82 valence electrons. The van der Waals surface area contributed by atoms with Crippen LogP contribution in [0.15, 0.2) is 24.3 Å². The highest BCUT2D eigenvalue weighted by Gasteiger charge is 2.23. The lowest BCUT2D eigenvalue weighted by Gasteiger charge is -2.15. The Hall–Kier alpha value is -1.39. The van der Waals surface area contributed by atoms with Gasteiger partial charge in [0.15, 0.2) is 0 Å². The second-order valence-corrected chi connectivity index (χ2v) is 3.41. The van der Waals surface area contributed by atoms with Gasteiger partial charge in [-0.2, -0.15) is 0 Å². The summed E-state index contributed by atoms with van der Waals surface area (Å²) in [5.74, 6) is -1.20. The number of benzene rings is 1. The van der Waals surface area contributed by atoms with Crippen molar-refractivity contribution in [1.82, 2.24) is 0 Å². The van der Waals surface area contributed by atoms with Gasteiger partial charge < -0.3 is 15.9 Å². The first kappa shape index (κ1) is 11.7. The lowest BCUT2D eigenvalue weighted by atomic mass is 10.00. The summed E-state index contributed by atoms with van der Waals surface area (Å²) in [5, 5.41) is 18.3. The van der Waals surface area contributed by atoms with Crippen molar-refractivity contribution in [3.63, 3.8) is 0 Å². The molecule has 1 aromatic carbocycles. The van der Waals surface area contributed by atoms with Crippen molar-refractivity contribution in [2.45, 2.75) is 25.5 Å². The molecule has 0 spiro atoms. The van der Waals surface area contributed by atoms with E-state index >= 15 is 0 Å². The number of aliphatic hydroxyl groups excluding tert-OH is 1. The van der Waals surface area contributed by atoms with Gasteiger partial charge in [0.1, 0.15) is 12.1 Å². The second-order valence-electron chi connectivity index (χ2n) is 3.41. The molecule has 1 aromatic rings. The number of nitrogens with two attached hydrogens (primary N) is 1. The normalized spacial score (nSPS) is 14.6. The molecule has 1 rings (SSSR count). The number of aryl methyl sites for hydroxylation is 1. The average molecular weight is 209 g/mol. The molecule has 0 aromatic heterocycles. The van der Waals surface area contributed by atoms with Crippen LogP contribution in [0.25, 0.3) is 0 Å². The van der Waals surface area contributed by atoms with Crippen LogP contribution in [0.4, 0.5) is 0 Å². The summed E-state index contributed by atoms with van der Waals surface area (Å²) in [4.78, 5) is 10.6. The molecule has 15 heavy (non-hydrogen) atoms. The van der Waals surface area contributed by atoms with E-state index in [4.69, 9.17) is 10.8 Å². The molecule has 0 radical (unpaired) electrons. The predicted molar refractivity (Wildman–Crippen MR) is 56.4 cm³/mol. The number of carbonyl (C=O) groups is 1. The SMILES string of the molecule is CCc1cccc(C(O)C(N)C(=O)O)c1. The zero-order valence-corrected chi connectivity index (χ0v) is 8.55. The molecule has 0 aliphatic heterocycles. The van der Waals surface area contributed by atoms with Crippen LogP contribution in [0.1, 0.15) is 24.2 Å². The lowest BCUT2D eigenvalue weighted by Crippen LogP contribution is -2.36. The lowest BCUT2D eigenvalue weighted by molar-refractivity contribution is -0.141. The Balaban J connectivity index is 2.90. The van der Waals surface area contributed by atoms with Crippen LogP contribution in [0.2, 0.25) is 0 Å². The number of aliphatic hydroxyl groups is 1. The third-order valence-corrected chi connectivity index (χ3v) is 2.33. The molecule has 0 amide bonds. The topological polar surface area (TPSA) is 83.5 Å². The van der Waals surface area contributed by atoms with Crippen molar-refractivity contribution in [2.24, 2.45) is 5.73 Å². The summed E-state index contributed by atoms with van der Waals surface area (Å²) in [6.07, 6.45) is -0.322. The highest BCUT2D eigenvalue weighted by molar-refractivity contribution is 5.74. The van der Waals surface area contributed by atoms with Crippen molar-refractivity contribution >= 4 is 5.97 Å². The monoisotopic (exact) mass is 209 g/mol. The molecule has 0 heterocycles.